The third-order valence-electron chi connectivity index (χ3n) is 5.98. The first-order valence-corrected chi connectivity index (χ1v) is 12.6. The average Bonchev–Trinajstić information content (AvgIpc) is 3.03. The quantitative estimate of drug-likeness (QED) is 0.184. The minimum atomic E-state index is 0.199. The predicted molar refractivity (Wildman–Crippen MR) is 123 cm³/mol. The zero-order chi connectivity index (χ0) is 19.7. The molecule has 1 N–H and O–H groups in total. The summed E-state index contributed by atoms with van der Waals surface area (Å²) >= 11 is 3.53. The van der Waals surface area contributed by atoms with Crippen LogP contribution in [0.15, 0.2) is 4.99 Å². The number of aliphatic imine (C=N–C) groups is 1. The molecule has 1 heterocycles. The van der Waals surface area contributed by atoms with Crippen LogP contribution in [0.4, 0.5) is 0 Å². The number of hydrogen-bond acceptors (Lipinski definition) is 3. The van der Waals surface area contributed by atoms with Gasteiger partial charge in [0.25, 0.3) is 0 Å². The van der Waals surface area contributed by atoms with Gasteiger partial charge in [0.2, 0.25) is 0 Å². The monoisotopic (exact) mass is 444 g/mol. The van der Waals surface area contributed by atoms with Crippen LogP contribution in [0.25, 0.3) is 0 Å². The van der Waals surface area contributed by atoms with Crippen LogP contribution in [-0.2, 0) is 0 Å². The van der Waals surface area contributed by atoms with E-state index in [0.717, 1.165) is 11.3 Å². The maximum absolute atomic E-state index is 9.10. The lowest BCUT2D eigenvalue weighted by molar-refractivity contribution is 0.247. The summed E-state index contributed by atoms with van der Waals surface area (Å²) in [6, 6.07) is 0.396. The van der Waals surface area contributed by atoms with Crippen molar-refractivity contribution in [1.82, 2.24) is 4.90 Å². The van der Waals surface area contributed by atoms with Crippen LogP contribution in [-0.4, -0.2) is 40.5 Å². The molecule has 0 aromatic heterocycles. The highest BCUT2D eigenvalue weighted by atomic mass is 79.9. The predicted octanol–water partition coefficient (Wildman–Crippen LogP) is 6.92. The Morgan fingerprint density at radius 2 is 1.41 bits per heavy atom. The molecule has 1 rings (SSSR count). The number of rotatable bonds is 18. The molecule has 0 saturated heterocycles. The maximum atomic E-state index is 9.10. The van der Waals surface area contributed by atoms with Crippen LogP contribution in [0.5, 0.6) is 0 Å². The van der Waals surface area contributed by atoms with Gasteiger partial charge in [0.15, 0.2) is 4.74 Å². The van der Waals surface area contributed by atoms with Gasteiger partial charge in [-0.15, -0.1) is 0 Å². The lowest BCUT2D eigenvalue weighted by Crippen LogP contribution is -2.31. The maximum Gasteiger partial charge on any atom is 0.168 e. The minimum Gasteiger partial charge on any atom is -0.395 e. The van der Waals surface area contributed by atoms with Crippen LogP contribution in [0.1, 0.15) is 110 Å². The Labute approximate surface area is 177 Å². The van der Waals surface area contributed by atoms with Gasteiger partial charge >= 0.3 is 0 Å². The van der Waals surface area contributed by atoms with Crippen LogP contribution in [0, 0.1) is 5.92 Å². The highest BCUT2D eigenvalue weighted by molar-refractivity contribution is 9.18. The van der Waals surface area contributed by atoms with E-state index in [1.807, 2.05) is 0 Å². The Bertz CT molecular complexity index is 375. The Morgan fingerprint density at radius 3 is 1.89 bits per heavy atom. The molecule has 2 atom stereocenters. The van der Waals surface area contributed by atoms with Gasteiger partial charge in [0.1, 0.15) is 0 Å². The van der Waals surface area contributed by atoms with Crippen molar-refractivity contribution < 1.29 is 5.11 Å². The van der Waals surface area contributed by atoms with Crippen molar-refractivity contribution in [3.8, 4) is 0 Å². The van der Waals surface area contributed by atoms with Crippen molar-refractivity contribution in [3.05, 3.63) is 0 Å². The molecule has 3 nitrogen and oxygen atoms in total. The number of unbranched alkanes of at least 4 members (excludes halogenated alkanes) is 13. The Morgan fingerprint density at radius 1 is 0.926 bits per heavy atom. The average molecular weight is 446 g/mol. The molecule has 4 heteroatoms. The SMILES string of the molecule is CCCCCCCCCCCCCCCCC(C)C1CN(CCO)C(Br)=N1. The second-order valence-corrected chi connectivity index (χ2v) is 9.21. The molecular weight excluding hydrogens is 400 g/mol. The van der Waals surface area contributed by atoms with E-state index in [0.29, 0.717) is 18.5 Å². The van der Waals surface area contributed by atoms with E-state index in [1.165, 1.54) is 96.3 Å². The van der Waals surface area contributed by atoms with Crippen molar-refractivity contribution in [2.45, 2.75) is 116 Å². The number of hydrogen-bond donors (Lipinski definition) is 1. The van der Waals surface area contributed by atoms with Gasteiger partial charge in [0.05, 0.1) is 12.6 Å². The highest BCUT2D eigenvalue weighted by Crippen LogP contribution is 2.23. The molecule has 1 aliphatic rings. The first-order valence-electron chi connectivity index (χ1n) is 11.8. The van der Waals surface area contributed by atoms with Gasteiger partial charge in [-0.1, -0.05) is 104 Å². The van der Waals surface area contributed by atoms with E-state index >= 15 is 0 Å². The van der Waals surface area contributed by atoms with Gasteiger partial charge in [-0.3, -0.25) is 4.99 Å². The minimum absolute atomic E-state index is 0.199. The topological polar surface area (TPSA) is 35.8 Å². The molecule has 0 aliphatic carbocycles. The lowest BCUT2D eigenvalue weighted by atomic mass is 9.95. The summed E-state index contributed by atoms with van der Waals surface area (Å²) in [5.74, 6) is 0.638. The van der Waals surface area contributed by atoms with Crippen LogP contribution in [0.3, 0.4) is 0 Å². The summed E-state index contributed by atoms with van der Waals surface area (Å²) in [5, 5.41) is 9.10. The lowest BCUT2D eigenvalue weighted by Gasteiger charge is -2.20. The fourth-order valence-electron chi connectivity index (χ4n) is 4.03. The van der Waals surface area contributed by atoms with Crippen molar-refractivity contribution in [2.24, 2.45) is 10.9 Å². The second-order valence-electron chi connectivity index (χ2n) is 8.50. The van der Waals surface area contributed by atoms with E-state index < -0.39 is 0 Å². The molecule has 0 aromatic carbocycles. The first kappa shape index (κ1) is 24.9. The third-order valence-corrected chi connectivity index (χ3v) is 6.69. The molecule has 0 spiro atoms. The molecule has 160 valence electrons. The van der Waals surface area contributed by atoms with Gasteiger partial charge < -0.3 is 10.0 Å². The Kier molecular flexibility index (Phi) is 15.5. The van der Waals surface area contributed by atoms with Crippen molar-refractivity contribution >= 4 is 20.7 Å². The van der Waals surface area contributed by atoms with Crippen molar-refractivity contribution in [2.75, 3.05) is 19.7 Å². The van der Waals surface area contributed by atoms with Gasteiger partial charge in [-0.25, -0.2) is 0 Å². The van der Waals surface area contributed by atoms with E-state index in [4.69, 9.17) is 10.1 Å². The summed E-state index contributed by atoms with van der Waals surface area (Å²) in [7, 11) is 0. The van der Waals surface area contributed by atoms with E-state index in [2.05, 4.69) is 34.7 Å². The molecule has 0 radical (unpaired) electrons. The number of aliphatic hydroxyl groups excluding tert-OH is 1. The fourth-order valence-corrected chi connectivity index (χ4v) is 4.61. The fraction of sp³-hybridized carbons (Fsp3) is 0.957. The number of amidine groups is 1. The molecule has 0 amide bonds. The first-order chi connectivity index (χ1) is 13.2. The summed E-state index contributed by atoms with van der Waals surface area (Å²) in [4.78, 5) is 6.87. The summed E-state index contributed by atoms with van der Waals surface area (Å²) in [6.45, 7) is 6.47. The third kappa shape index (κ3) is 12.2. The Hall–Kier alpha value is -0.0900. The number of nitrogens with zero attached hydrogens (tertiary/aromatic N) is 2. The van der Waals surface area contributed by atoms with Gasteiger partial charge in [-0.05, 0) is 28.3 Å². The largest absolute Gasteiger partial charge is 0.395 e. The molecule has 0 saturated carbocycles. The highest BCUT2D eigenvalue weighted by Gasteiger charge is 2.26. The van der Waals surface area contributed by atoms with Gasteiger partial charge in [0, 0.05) is 13.1 Å². The summed E-state index contributed by atoms with van der Waals surface area (Å²) in [5.41, 5.74) is 0. The van der Waals surface area contributed by atoms with E-state index in [9.17, 15) is 0 Å². The number of halogens is 1. The molecule has 0 aromatic rings. The summed E-state index contributed by atoms with van der Waals surface area (Å²) < 4.78 is 0.925. The zero-order valence-corrected chi connectivity index (χ0v) is 19.7. The van der Waals surface area contributed by atoms with Crippen LogP contribution in [0.2, 0.25) is 0 Å². The molecule has 27 heavy (non-hydrogen) atoms. The molecule has 0 bridgehead atoms. The molecule has 1 aliphatic heterocycles. The molecule has 2 unspecified atom stereocenters. The van der Waals surface area contributed by atoms with Crippen LogP contribution < -0.4 is 0 Å². The van der Waals surface area contributed by atoms with E-state index in [1.54, 1.807) is 0 Å². The van der Waals surface area contributed by atoms with Crippen molar-refractivity contribution in [3.63, 3.8) is 0 Å². The van der Waals surface area contributed by atoms with E-state index in [-0.39, 0.29) is 6.61 Å². The number of aliphatic hydroxyl groups is 1. The molecule has 0 fully saturated rings. The smallest absolute Gasteiger partial charge is 0.168 e. The normalized spacial score (nSPS) is 18.1. The van der Waals surface area contributed by atoms with Crippen molar-refractivity contribution in [1.29, 1.82) is 0 Å². The second kappa shape index (κ2) is 16.8. The number of β-amino-alcohol motifs (C(OH)–C–C–N with tert-alkyl or cyclic N) is 1. The van der Waals surface area contributed by atoms with Crippen LogP contribution >= 0.6 is 15.9 Å². The summed E-state index contributed by atoms with van der Waals surface area (Å²) in [6.07, 6.45) is 21.2. The zero-order valence-electron chi connectivity index (χ0n) is 18.1. The Balaban J connectivity index is 1.86. The van der Waals surface area contributed by atoms with Gasteiger partial charge in [-0.2, -0.15) is 0 Å². The standard InChI is InChI=1S/C23H45BrN2O/c1-3-4-5-6-7-8-9-10-11-12-13-14-15-16-17-21(2)22-20-26(18-19-27)23(24)25-22/h21-22,27H,3-20H2,1-2H3. The molecular formula is C23H45BrN2O.